The maximum Gasteiger partial charge on any atom is 0.280 e. The highest BCUT2D eigenvalue weighted by Gasteiger charge is 2.37. The summed E-state index contributed by atoms with van der Waals surface area (Å²) in [6.07, 6.45) is 0. The van der Waals surface area contributed by atoms with Crippen LogP contribution in [-0.4, -0.2) is 26.9 Å². The lowest BCUT2D eigenvalue weighted by Crippen LogP contribution is -2.49. The van der Waals surface area contributed by atoms with Crippen molar-refractivity contribution in [2.75, 3.05) is 4.90 Å². The first-order chi connectivity index (χ1) is 14.1. The Morgan fingerprint density at radius 2 is 1.80 bits per heavy atom. The summed E-state index contributed by atoms with van der Waals surface area (Å²) in [5, 5.41) is 10.6. The first-order valence-electron chi connectivity index (χ1n) is 9.62. The smallest absolute Gasteiger partial charge is 0.280 e. The number of hydrogen-bond acceptors (Lipinski definition) is 6. The topological polar surface area (TPSA) is 75.2 Å². The molecule has 2 amide bonds. The summed E-state index contributed by atoms with van der Waals surface area (Å²) in [5.41, 5.74) is 3.46. The van der Waals surface area contributed by atoms with Crippen molar-refractivity contribution < 1.29 is 9.59 Å². The molecule has 0 saturated heterocycles. The quantitative estimate of drug-likeness (QED) is 0.614. The molecule has 0 bridgehead atoms. The Bertz CT molecular complexity index is 1010. The number of anilines is 1. The minimum Gasteiger partial charge on any atom is -0.349 e. The lowest BCUT2D eigenvalue weighted by atomic mass is 10.0. The summed E-state index contributed by atoms with van der Waals surface area (Å²) >= 11 is 2.56. The van der Waals surface area contributed by atoms with E-state index in [1.54, 1.807) is 10.3 Å². The van der Waals surface area contributed by atoms with Crippen LogP contribution in [0.2, 0.25) is 0 Å². The molecule has 6 nitrogen and oxygen atoms in total. The van der Waals surface area contributed by atoms with E-state index in [4.69, 9.17) is 0 Å². The summed E-state index contributed by atoms with van der Waals surface area (Å²) in [7, 11) is 0. The van der Waals surface area contributed by atoms with Gasteiger partial charge < -0.3 is 5.32 Å². The SMILES string of the molecule is Cc1cc(C)c(N(C(=O)c2csnn2)[C@H](C(=O)NC(C)(C)C)c2cccs2)c(C)c1. The zero-order valence-corrected chi connectivity index (χ0v) is 19.6. The van der Waals surface area contributed by atoms with E-state index in [9.17, 15) is 9.59 Å². The van der Waals surface area contributed by atoms with Gasteiger partial charge in [0.2, 0.25) is 5.91 Å². The molecule has 0 aliphatic rings. The zero-order chi connectivity index (χ0) is 22.1. The van der Waals surface area contributed by atoms with Gasteiger partial charge in [-0.25, -0.2) is 0 Å². The molecule has 0 spiro atoms. The summed E-state index contributed by atoms with van der Waals surface area (Å²) in [4.78, 5) is 29.5. The largest absolute Gasteiger partial charge is 0.349 e. The molecule has 3 rings (SSSR count). The van der Waals surface area contributed by atoms with E-state index in [1.165, 1.54) is 11.3 Å². The van der Waals surface area contributed by atoms with E-state index < -0.39 is 11.6 Å². The maximum absolute atomic E-state index is 13.7. The monoisotopic (exact) mass is 442 g/mol. The average molecular weight is 443 g/mol. The molecular weight excluding hydrogens is 416 g/mol. The number of nitrogens with one attached hydrogen (secondary N) is 1. The second-order valence-electron chi connectivity index (χ2n) is 8.37. The van der Waals surface area contributed by atoms with Crippen LogP contribution in [0.15, 0.2) is 35.0 Å². The lowest BCUT2D eigenvalue weighted by Gasteiger charge is -2.34. The van der Waals surface area contributed by atoms with Crippen molar-refractivity contribution in [1.29, 1.82) is 0 Å². The van der Waals surface area contributed by atoms with Crippen LogP contribution in [0.25, 0.3) is 0 Å². The first-order valence-corrected chi connectivity index (χ1v) is 11.3. The van der Waals surface area contributed by atoms with Crippen LogP contribution in [-0.2, 0) is 4.79 Å². The predicted octanol–water partition coefficient (Wildman–Crippen LogP) is 4.83. The normalized spacial score (nSPS) is 12.5. The van der Waals surface area contributed by atoms with Crippen molar-refractivity contribution in [3.8, 4) is 0 Å². The van der Waals surface area contributed by atoms with Gasteiger partial charge in [0.25, 0.3) is 5.91 Å². The summed E-state index contributed by atoms with van der Waals surface area (Å²) in [6.45, 7) is 11.7. The number of hydrogen-bond donors (Lipinski definition) is 1. The van der Waals surface area contributed by atoms with Crippen LogP contribution in [0, 0.1) is 20.8 Å². The molecule has 3 aromatic rings. The Hall–Kier alpha value is -2.58. The van der Waals surface area contributed by atoms with Crippen LogP contribution in [0.4, 0.5) is 5.69 Å². The molecule has 0 radical (unpaired) electrons. The van der Waals surface area contributed by atoms with Crippen LogP contribution in [0.5, 0.6) is 0 Å². The molecular formula is C22H26N4O2S2. The van der Waals surface area contributed by atoms with Gasteiger partial charge in [-0.15, -0.1) is 16.4 Å². The Balaban J connectivity index is 2.23. The standard InChI is InChI=1S/C22H26N4O2S2/c1-13-10-14(2)18(15(3)11-13)26(21(28)16-12-30-25-24-16)19(17-8-7-9-29-17)20(27)23-22(4,5)6/h7-12,19H,1-6H3,(H,23,27)/t19-/m0/s1. The van der Waals surface area contributed by atoms with E-state index in [1.807, 2.05) is 71.2 Å². The molecule has 0 fully saturated rings. The third-order valence-electron chi connectivity index (χ3n) is 4.49. The molecule has 2 aromatic heterocycles. The highest BCUT2D eigenvalue weighted by atomic mass is 32.1. The van der Waals surface area contributed by atoms with E-state index in [0.29, 0.717) is 0 Å². The number of amides is 2. The van der Waals surface area contributed by atoms with Gasteiger partial charge in [0.15, 0.2) is 11.7 Å². The fraction of sp³-hybridized carbons (Fsp3) is 0.364. The van der Waals surface area contributed by atoms with E-state index >= 15 is 0 Å². The molecule has 0 unspecified atom stereocenters. The number of aromatic nitrogens is 2. The van der Waals surface area contributed by atoms with Gasteiger partial charge in [-0.2, -0.15) is 0 Å². The molecule has 158 valence electrons. The summed E-state index contributed by atoms with van der Waals surface area (Å²) in [6, 6.07) is 7.00. The number of carbonyl (C=O) groups is 2. The Kier molecular flexibility index (Phi) is 6.38. The molecule has 0 aliphatic carbocycles. The van der Waals surface area contributed by atoms with Gasteiger partial charge in [-0.1, -0.05) is 28.3 Å². The second kappa shape index (κ2) is 8.65. The van der Waals surface area contributed by atoms with Crippen LogP contribution in [0.3, 0.4) is 0 Å². The van der Waals surface area contributed by atoms with Gasteiger partial charge in [0.1, 0.15) is 0 Å². The average Bonchev–Trinajstić information content (AvgIpc) is 3.32. The molecule has 1 N–H and O–H groups in total. The number of aryl methyl sites for hydroxylation is 3. The second-order valence-corrected chi connectivity index (χ2v) is 9.96. The van der Waals surface area contributed by atoms with E-state index in [0.717, 1.165) is 38.8 Å². The van der Waals surface area contributed by atoms with Crippen molar-refractivity contribution in [3.63, 3.8) is 0 Å². The van der Waals surface area contributed by atoms with Gasteiger partial charge in [-0.3, -0.25) is 14.5 Å². The zero-order valence-electron chi connectivity index (χ0n) is 18.0. The number of carbonyl (C=O) groups excluding carboxylic acids is 2. The molecule has 1 aromatic carbocycles. The van der Waals surface area contributed by atoms with Gasteiger partial charge in [0, 0.05) is 15.8 Å². The Labute approximate surface area is 185 Å². The lowest BCUT2D eigenvalue weighted by molar-refractivity contribution is -0.123. The molecule has 2 heterocycles. The fourth-order valence-electron chi connectivity index (χ4n) is 3.54. The molecule has 1 atom stereocenters. The Morgan fingerprint density at radius 1 is 1.13 bits per heavy atom. The highest BCUT2D eigenvalue weighted by molar-refractivity contribution is 7.10. The van der Waals surface area contributed by atoms with Crippen molar-refractivity contribution in [3.05, 3.63) is 62.3 Å². The fourth-order valence-corrected chi connectivity index (χ4v) is 4.78. The molecule has 8 heteroatoms. The third-order valence-corrected chi connectivity index (χ3v) is 5.92. The minimum atomic E-state index is -0.821. The first kappa shape index (κ1) is 22.1. The highest BCUT2D eigenvalue weighted by Crippen LogP contribution is 2.36. The number of benzene rings is 1. The van der Waals surface area contributed by atoms with Crippen molar-refractivity contribution in [2.24, 2.45) is 0 Å². The van der Waals surface area contributed by atoms with Gasteiger partial charge >= 0.3 is 0 Å². The van der Waals surface area contributed by atoms with Gasteiger partial charge in [-0.05, 0) is 75.6 Å². The third kappa shape index (κ3) is 4.76. The van der Waals surface area contributed by atoms with Crippen molar-refractivity contribution in [1.82, 2.24) is 14.9 Å². The predicted molar refractivity (Wildman–Crippen MR) is 122 cm³/mol. The van der Waals surface area contributed by atoms with E-state index in [2.05, 4.69) is 14.9 Å². The molecule has 0 saturated carbocycles. The Morgan fingerprint density at radius 3 is 2.30 bits per heavy atom. The summed E-state index contributed by atoms with van der Waals surface area (Å²) < 4.78 is 3.85. The summed E-state index contributed by atoms with van der Waals surface area (Å²) in [5.74, 6) is -0.581. The van der Waals surface area contributed by atoms with Crippen LogP contribution in [0.1, 0.15) is 58.9 Å². The molecule has 0 aliphatic heterocycles. The minimum absolute atomic E-state index is 0.226. The van der Waals surface area contributed by atoms with Gasteiger partial charge in [0.05, 0.1) is 5.69 Å². The van der Waals surface area contributed by atoms with E-state index in [-0.39, 0.29) is 17.5 Å². The molecule has 30 heavy (non-hydrogen) atoms. The van der Waals surface area contributed by atoms with Crippen molar-refractivity contribution in [2.45, 2.75) is 53.1 Å². The van der Waals surface area contributed by atoms with Crippen LogP contribution < -0.4 is 10.2 Å². The maximum atomic E-state index is 13.7. The van der Waals surface area contributed by atoms with Crippen molar-refractivity contribution >= 4 is 40.4 Å². The van der Waals surface area contributed by atoms with Crippen LogP contribution >= 0.6 is 22.9 Å². The number of thiophene rings is 1. The number of rotatable bonds is 5. The number of nitrogens with zero attached hydrogens (tertiary/aromatic N) is 3.